The lowest BCUT2D eigenvalue weighted by atomic mass is 10.2. The molecule has 0 aliphatic rings. The normalized spacial score (nSPS) is 11.1. The van der Waals surface area contributed by atoms with Crippen molar-refractivity contribution >= 4 is 35.6 Å². The van der Waals surface area contributed by atoms with E-state index in [0.717, 1.165) is 45.2 Å². The number of likely N-dealkylation sites (N-methyl/N-ethyl adjacent to an activating group) is 1. The van der Waals surface area contributed by atoms with Crippen molar-refractivity contribution in [3.8, 4) is 0 Å². The molecule has 6 heteroatoms. The average Bonchev–Trinajstić information content (AvgIpc) is 2.56. The van der Waals surface area contributed by atoms with Crippen molar-refractivity contribution in [1.82, 2.24) is 10.6 Å². The lowest BCUT2D eigenvalue weighted by Gasteiger charge is -2.20. The number of nitrogens with one attached hydrogen (secondary N) is 2. The molecule has 0 bridgehead atoms. The highest BCUT2D eigenvalue weighted by Gasteiger charge is 2.01. The maximum absolute atomic E-state index is 5.57. The van der Waals surface area contributed by atoms with E-state index in [1.54, 1.807) is 7.05 Å². The minimum absolute atomic E-state index is 0. The summed E-state index contributed by atoms with van der Waals surface area (Å²) < 4.78 is 5.57. The molecule has 0 unspecified atom stereocenters. The summed E-state index contributed by atoms with van der Waals surface area (Å²) in [6.45, 7) is 8.58. The van der Waals surface area contributed by atoms with Gasteiger partial charge < -0.3 is 20.3 Å². The number of rotatable bonds is 10. The number of nitrogens with zero attached hydrogens (tertiary/aromatic N) is 2. The highest BCUT2D eigenvalue weighted by molar-refractivity contribution is 14.0. The van der Waals surface area contributed by atoms with Crippen molar-refractivity contribution < 1.29 is 4.74 Å². The van der Waals surface area contributed by atoms with E-state index in [0.29, 0.717) is 5.92 Å². The van der Waals surface area contributed by atoms with Crippen LogP contribution in [0.1, 0.15) is 20.3 Å². The molecule has 1 rings (SSSR count). The quantitative estimate of drug-likeness (QED) is 0.250. The standard InChI is InChI=1S/C18H32N4O.HI/c1-16(2)15-23-14-8-11-20-18(19-3)21-12-13-22(4)17-9-6-5-7-10-17;/h5-7,9-10,16H,8,11-15H2,1-4H3,(H2,19,20,21);1H. The topological polar surface area (TPSA) is 48.9 Å². The largest absolute Gasteiger partial charge is 0.381 e. The van der Waals surface area contributed by atoms with E-state index in [-0.39, 0.29) is 24.0 Å². The zero-order chi connectivity index (χ0) is 16.9. The van der Waals surface area contributed by atoms with Crippen molar-refractivity contribution in [3.63, 3.8) is 0 Å². The van der Waals surface area contributed by atoms with Crippen molar-refractivity contribution in [3.05, 3.63) is 30.3 Å². The van der Waals surface area contributed by atoms with E-state index in [2.05, 4.69) is 65.7 Å². The molecule has 138 valence electrons. The molecule has 0 saturated heterocycles. The van der Waals surface area contributed by atoms with Gasteiger partial charge in [0, 0.05) is 52.6 Å². The number of benzene rings is 1. The molecule has 0 aliphatic carbocycles. The van der Waals surface area contributed by atoms with Gasteiger partial charge in [-0.25, -0.2) is 0 Å². The van der Waals surface area contributed by atoms with Crippen LogP contribution in [0.25, 0.3) is 0 Å². The first-order chi connectivity index (χ1) is 11.1. The number of aliphatic imine (C=N–C) groups is 1. The van der Waals surface area contributed by atoms with Crippen LogP contribution in [0.5, 0.6) is 0 Å². The first kappa shape index (κ1) is 23.0. The summed E-state index contributed by atoms with van der Waals surface area (Å²) in [7, 11) is 3.89. The minimum Gasteiger partial charge on any atom is -0.381 e. The van der Waals surface area contributed by atoms with Crippen LogP contribution < -0.4 is 15.5 Å². The minimum atomic E-state index is 0. The van der Waals surface area contributed by atoms with Crippen LogP contribution in [-0.2, 0) is 4.74 Å². The Kier molecular flexibility index (Phi) is 13.7. The first-order valence-corrected chi connectivity index (χ1v) is 8.42. The van der Waals surface area contributed by atoms with Gasteiger partial charge in [-0.3, -0.25) is 4.99 Å². The molecule has 1 aromatic rings. The van der Waals surface area contributed by atoms with Gasteiger partial charge >= 0.3 is 0 Å². The van der Waals surface area contributed by atoms with Gasteiger partial charge in [0.1, 0.15) is 0 Å². The molecule has 0 aromatic heterocycles. The fraction of sp³-hybridized carbons (Fsp3) is 0.611. The lowest BCUT2D eigenvalue weighted by molar-refractivity contribution is 0.108. The highest BCUT2D eigenvalue weighted by Crippen LogP contribution is 2.09. The molecule has 0 spiro atoms. The Morgan fingerprint density at radius 1 is 1.17 bits per heavy atom. The number of anilines is 1. The number of halogens is 1. The zero-order valence-electron chi connectivity index (χ0n) is 15.4. The summed E-state index contributed by atoms with van der Waals surface area (Å²) in [6.07, 6.45) is 0.983. The van der Waals surface area contributed by atoms with Gasteiger partial charge in [-0.05, 0) is 24.5 Å². The third-order valence-corrected chi connectivity index (χ3v) is 3.37. The summed E-state index contributed by atoms with van der Waals surface area (Å²) in [5.74, 6) is 1.44. The monoisotopic (exact) mass is 448 g/mol. The van der Waals surface area contributed by atoms with Crippen molar-refractivity contribution in [2.45, 2.75) is 20.3 Å². The van der Waals surface area contributed by atoms with Crippen LogP contribution in [0.4, 0.5) is 5.69 Å². The molecule has 2 N–H and O–H groups in total. The van der Waals surface area contributed by atoms with Crippen molar-refractivity contribution in [2.24, 2.45) is 10.9 Å². The van der Waals surface area contributed by atoms with Gasteiger partial charge in [-0.1, -0.05) is 32.0 Å². The third kappa shape index (κ3) is 10.7. The molecule has 0 atom stereocenters. The molecule has 1 aromatic carbocycles. The summed E-state index contributed by atoms with van der Waals surface area (Å²) >= 11 is 0. The Morgan fingerprint density at radius 2 is 1.83 bits per heavy atom. The Bertz CT molecular complexity index is 440. The molecule has 0 saturated carbocycles. The van der Waals surface area contributed by atoms with Crippen molar-refractivity contribution in [1.29, 1.82) is 0 Å². The van der Waals surface area contributed by atoms with Gasteiger partial charge in [0.2, 0.25) is 0 Å². The number of hydrogen-bond donors (Lipinski definition) is 2. The SMILES string of the molecule is CN=C(NCCCOCC(C)C)NCCN(C)c1ccccc1.I. The molecule has 0 aliphatic heterocycles. The molecule has 5 nitrogen and oxygen atoms in total. The Balaban J connectivity index is 0.00000529. The molecule has 0 amide bonds. The molecule has 0 heterocycles. The maximum atomic E-state index is 5.57. The number of hydrogen-bond acceptors (Lipinski definition) is 3. The van der Waals surface area contributed by atoms with Crippen molar-refractivity contribution in [2.75, 3.05) is 51.8 Å². The summed E-state index contributed by atoms with van der Waals surface area (Å²) in [4.78, 5) is 6.46. The fourth-order valence-corrected chi connectivity index (χ4v) is 2.07. The summed E-state index contributed by atoms with van der Waals surface area (Å²) in [5, 5.41) is 6.65. The van der Waals surface area contributed by atoms with Gasteiger partial charge in [0.05, 0.1) is 0 Å². The fourth-order valence-electron chi connectivity index (χ4n) is 2.07. The molecular formula is C18H33IN4O. The third-order valence-electron chi connectivity index (χ3n) is 3.37. The summed E-state index contributed by atoms with van der Waals surface area (Å²) in [6, 6.07) is 10.4. The second-order valence-corrected chi connectivity index (χ2v) is 6.01. The van der Waals surface area contributed by atoms with E-state index >= 15 is 0 Å². The molecule has 0 fully saturated rings. The molecular weight excluding hydrogens is 415 g/mol. The van der Waals surface area contributed by atoms with Crippen LogP contribution >= 0.6 is 24.0 Å². The number of ether oxygens (including phenoxy) is 1. The van der Waals surface area contributed by atoms with Crippen LogP contribution in [0.2, 0.25) is 0 Å². The average molecular weight is 448 g/mol. The van der Waals surface area contributed by atoms with E-state index < -0.39 is 0 Å². The van der Waals surface area contributed by atoms with Crippen LogP contribution in [-0.4, -0.2) is 52.9 Å². The van der Waals surface area contributed by atoms with Gasteiger partial charge in [-0.2, -0.15) is 0 Å². The predicted molar refractivity (Wildman–Crippen MR) is 115 cm³/mol. The lowest BCUT2D eigenvalue weighted by Crippen LogP contribution is -2.41. The van der Waals surface area contributed by atoms with E-state index in [9.17, 15) is 0 Å². The Hall–Kier alpha value is -1.02. The molecule has 24 heavy (non-hydrogen) atoms. The second-order valence-electron chi connectivity index (χ2n) is 6.01. The van der Waals surface area contributed by atoms with Crippen LogP contribution in [0.3, 0.4) is 0 Å². The first-order valence-electron chi connectivity index (χ1n) is 8.42. The van der Waals surface area contributed by atoms with E-state index in [1.807, 2.05) is 6.07 Å². The molecule has 0 radical (unpaired) electrons. The highest BCUT2D eigenvalue weighted by atomic mass is 127. The second kappa shape index (κ2) is 14.3. The number of para-hydroxylation sites is 1. The maximum Gasteiger partial charge on any atom is 0.191 e. The smallest absolute Gasteiger partial charge is 0.191 e. The van der Waals surface area contributed by atoms with Gasteiger partial charge in [0.25, 0.3) is 0 Å². The van der Waals surface area contributed by atoms with Crippen LogP contribution in [0.15, 0.2) is 35.3 Å². The summed E-state index contributed by atoms with van der Waals surface area (Å²) in [5.41, 5.74) is 1.22. The Morgan fingerprint density at radius 3 is 2.46 bits per heavy atom. The van der Waals surface area contributed by atoms with E-state index in [4.69, 9.17) is 4.74 Å². The van der Waals surface area contributed by atoms with Gasteiger partial charge in [-0.15, -0.1) is 24.0 Å². The Labute approximate surface area is 164 Å². The number of guanidine groups is 1. The van der Waals surface area contributed by atoms with E-state index in [1.165, 1.54) is 5.69 Å². The zero-order valence-corrected chi connectivity index (χ0v) is 17.7. The predicted octanol–water partition coefficient (Wildman–Crippen LogP) is 2.97. The van der Waals surface area contributed by atoms with Crippen LogP contribution in [0, 0.1) is 5.92 Å². The van der Waals surface area contributed by atoms with Gasteiger partial charge in [0.15, 0.2) is 5.96 Å².